The van der Waals surface area contributed by atoms with Gasteiger partial charge in [0.25, 0.3) is 11.4 Å². The van der Waals surface area contributed by atoms with Crippen LogP contribution in [0.15, 0.2) is 59.5 Å². The lowest BCUT2D eigenvalue weighted by Crippen LogP contribution is -2.53. The number of nitrogens with zero attached hydrogens (tertiary/aromatic N) is 7. The number of nitriles is 1. The number of hydrogen-bond acceptors (Lipinski definition) is 6. The second-order valence-corrected chi connectivity index (χ2v) is 10.0. The third kappa shape index (κ3) is 4.50. The van der Waals surface area contributed by atoms with Gasteiger partial charge in [-0.25, -0.2) is 0 Å². The van der Waals surface area contributed by atoms with Gasteiger partial charge in [0.2, 0.25) is 5.52 Å². The van der Waals surface area contributed by atoms with Crippen LogP contribution in [0.1, 0.15) is 35.3 Å². The molecule has 1 fully saturated rings. The predicted octanol–water partition coefficient (Wildman–Crippen LogP) is 5.01. The fourth-order valence-corrected chi connectivity index (χ4v) is 5.35. The van der Waals surface area contributed by atoms with Crippen LogP contribution in [0.25, 0.3) is 15.9 Å². The second kappa shape index (κ2) is 10.3. The highest BCUT2D eigenvalue weighted by molar-refractivity contribution is 6.30. The lowest BCUT2D eigenvalue weighted by Gasteiger charge is -2.44. The van der Waals surface area contributed by atoms with Crippen LogP contribution in [0.3, 0.4) is 0 Å². The van der Waals surface area contributed by atoms with Crippen LogP contribution < -0.4 is 10.5 Å². The topological polar surface area (TPSA) is 82.4 Å². The predicted molar refractivity (Wildman–Crippen MR) is 149 cm³/mol. The first-order valence-corrected chi connectivity index (χ1v) is 12.7. The molecule has 0 amide bonds. The maximum atomic E-state index is 13.1. The lowest BCUT2D eigenvalue weighted by atomic mass is 9.97. The van der Waals surface area contributed by atoms with Crippen LogP contribution in [-0.4, -0.2) is 45.1 Å². The van der Waals surface area contributed by atoms with Crippen molar-refractivity contribution in [2.24, 2.45) is 7.05 Å². The molecule has 1 unspecified atom stereocenters. The highest BCUT2D eigenvalue weighted by Gasteiger charge is 2.35. The lowest BCUT2D eigenvalue weighted by molar-refractivity contribution is 0.147. The number of rotatable bonds is 4. The molecular weight excluding hydrogens is 498 g/mol. The maximum absolute atomic E-state index is 13.1. The molecule has 0 bridgehead atoms. The largest absolute Gasteiger partial charge is 0.364 e. The van der Waals surface area contributed by atoms with Crippen LogP contribution in [0.2, 0.25) is 5.02 Å². The van der Waals surface area contributed by atoms with Crippen molar-refractivity contribution in [3.05, 3.63) is 104 Å². The zero-order valence-corrected chi connectivity index (χ0v) is 22.1. The van der Waals surface area contributed by atoms with Crippen molar-refractivity contribution in [3.63, 3.8) is 0 Å². The number of fused-ring (bicyclic) bond motifs is 1. The number of aryl methyl sites for hydroxylation is 2. The number of aromatic nitrogens is 3. The van der Waals surface area contributed by atoms with Gasteiger partial charge >= 0.3 is 0 Å². The zero-order chi connectivity index (χ0) is 27.0. The monoisotopic (exact) mass is 523 g/mol. The quantitative estimate of drug-likeness (QED) is 0.350. The Morgan fingerprint density at radius 1 is 1.16 bits per heavy atom. The summed E-state index contributed by atoms with van der Waals surface area (Å²) in [7, 11) is 1.63. The van der Waals surface area contributed by atoms with Gasteiger partial charge in [0.1, 0.15) is 17.3 Å². The number of benzene rings is 1. The van der Waals surface area contributed by atoms with E-state index in [-0.39, 0.29) is 29.0 Å². The first kappa shape index (κ1) is 25.4. The Balaban J connectivity index is 1.56. The van der Waals surface area contributed by atoms with Crippen molar-refractivity contribution < 1.29 is 0 Å². The van der Waals surface area contributed by atoms with E-state index in [1.54, 1.807) is 25.4 Å². The molecule has 1 aliphatic heterocycles. The molecule has 4 aromatic rings. The second-order valence-electron chi connectivity index (χ2n) is 9.60. The van der Waals surface area contributed by atoms with E-state index in [4.69, 9.17) is 18.2 Å². The highest BCUT2D eigenvalue weighted by atomic mass is 35.5. The summed E-state index contributed by atoms with van der Waals surface area (Å²) in [5, 5.41) is 10.6. The van der Waals surface area contributed by atoms with Crippen LogP contribution in [0.4, 0.5) is 11.5 Å². The van der Waals surface area contributed by atoms with Crippen LogP contribution in [0.5, 0.6) is 0 Å². The summed E-state index contributed by atoms with van der Waals surface area (Å²) in [4.78, 5) is 30.2. The summed E-state index contributed by atoms with van der Waals surface area (Å²) in [5.41, 5.74) is 4.47. The molecule has 0 N–H and O–H groups in total. The molecule has 2 atom stereocenters. The Morgan fingerprint density at radius 3 is 2.55 bits per heavy atom. The normalized spacial score (nSPS) is 16.7. The number of anilines is 1. The molecule has 8 nitrogen and oxygen atoms in total. The van der Waals surface area contributed by atoms with Gasteiger partial charge in [-0.1, -0.05) is 48.0 Å². The molecule has 4 heterocycles. The van der Waals surface area contributed by atoms with Crippen molar-refractivity contribution in [2.45, 2.75) is 25.9 Å². The molecule has 38 heavy (non-hydrogen) atoms. The van der Waals surface area contributed by atoms with Crippen molar-refractivity contribution in [2.75, 3.05) is 24.5 Å². The van der Waals surface area contributed by atoms with Gasteiger partial charge in [-0.3, -0.25) is 14.7 Å². The molecule has 1 saturated heterocycles. The smallest absolute Gasteiger partial charge is 0.271 e. The van der Waals surface area contributed by atoms with E-state index >= 15 is 0 Å². The molecule has 0 radical (unpaired) electrons. The van der Waals surface area contributed by atoms with Gasteiger partial charge in [-0.05, 0) is 43.7 Å². The van der Waals surface area contributed by atoms with Crippen molar-refractivity contribution >= 4 is 34.1 Å². The van der Waals surface area contributed by atoms with Crippen molar-refractivity contribution in [3.8, 4) is 6.07 Å². The Morgan fingerprint density at radius 2 is 1.92 bits per heavy atom. The fourth-order valence-electron chi connectivity index (χ4n) is 5.24. The summed E-state index contributed by atoms with van der Waals surface area (Å²) in [5.74, 6) is 0.223. The average molecular weight is 524 g/mol. The Bertz CT molecular complexity index is 1600. The van der Waals surface area contributed by atoms with Crippen molar-refractivity contribution in [1.29, 1.82) is 5.26 Å². The Hall–Kier alpha value is -4.24. The summed E-state index contributed by atoms with van der Waals surface area (Å²) in [6.07, 6.45) is 1.67. The Kier molecular flexibility index (Phi) is 6.86. The molecule has 1 aromatic carbocycles. The minimum atomic E-state index is -0.370. The summed E-state index contributed by atoms with van der Waals surface area (Å²) >= 11 is 6.15. The van der Waals surface area contributed by atoms with E-state index in [1.165, 1.54) is 10.1 Å². The minimum absolute atomic E-state index is 0.0437. The summed E-state index contributed by atoms with van der Waals surface area (Å²) < 4.78 is 1.43. The van der Waals surface area contributed by atoms with Gasteiger partial charge in [-0.2, -0.15) is 5.26 Å². The zero-order valence-electron chi connectivity index (χ0n) is 21.4. The molecule has 5 rings (SSSR count). The molecule has 1 aliphatic rings. The van der Waals surface area contributed by atoms with E-state index < -0.39 is 0 Å². The highest BCUT2D eigenvalue weighted by Crippen LogP contribution is 2.35. The van der Waals surface area contributed by atoms with E-state index in [1.807, 2.05) is 12.1 Å². The molecule has 0 saturated carbocycles. The minimum Gasteiger partial charge on any atom is -0.364 e. The molecule has 3 aromatic heterocycles. The Labute approximate surface area is 226 Å². The average Bonchev–Trinajstić information content (AvgIpc) is 2.93. The number of halogens is 1. The van der Waals surface area contributed by atoms with Gasteiger partial charge in [-0.15, -0.1) is 4.98 Å². The standard InChI is InChI=1S/C29H26ClN7O/c1-18-5-7-20(8-6-18)27(23-10-9-21(30)16-33-23)37-14-13-36(17-19(37)2)28-22(15-31)29(38)35(4)24-11-12-25(32-3)34-26(24)28/h5-12,16,19,27H,13-14,17H2,1-2,4H3/t19-,27?/m1/s1. The molecule has 9 heteroatoms. The van der Waals surface area contributed by atoms with Gasteiger partial charge in [0.15, 0.2) is 0 Å². The van der Waals surface area contributed by atoms with Gasteiger partial charge < -0.3 is 14.3 Å². The molecular formula is C29H26ClN7O. The SMILES string of the molecule is [C-]#[N+]c1ccc2c(n1)c(N1CCN(C(c3ccc(C)cc3)c3ccc(Cl)cn3)[C@H](C)C1)c(C#N)c(=O)n2C. The fraction of sp³-hybridized carbons (Fsp3) is 0.276. The molecule has 0 aliphatic carbocycles. The van der Waals surface area contributed by atoms with Crippen LogP contribution >= 0.6 is 11.6 Å². The van der Waals surface area contributed by atoms with E-state index in [2.05, 4.69) is 68.8 Å². The third-order valence-corrected chi connectivity index (χ3v) is 7.40. The summed E-state index contributed by atoms with van der Waals surface area (Å²) in [6, 6.07) is 17.7. The van der Waals surface area contributed by atoms with Crippen molar-refractivity contribution in [1.82, 2.24) is 19.4 Å². The van der Waals surface area contributed by atoms with E-state index in [0.29, 0.717) is 41.4 Å². The first-order chi connectivity index (χ1) is 18.3. The molecule has 0 spiro atoms. The summed E-state index contributed by atoms with van der Waals surface area (Å²) in [6.45, 7) is 13.4. The number of pyridine rings is 3. The third-order valence-electron chi connectivity index (χ3n) is 7.18. The van der Waals surface area contributed by atoms with Crippen LogP contribution in [0, 0.1) is 24.8 Å². The number of piperazine rings is 1. The van der Waals surface area contributed by atoms with E-state index in [9.17, 15) is 10.1 Å². The van der Waals surface area contributed by atoms with Crippen LogP contribution in [-0.2, 0) is 7.05 Å². The van der Waals surface area contributed by atoms with Gasteiger partial charge in [0.05, 0.1) is 22.3 Å². The van der Waals surface area contributed by atoms with E-state index in [0.717, 1.165) is 11.3 Å². The van der Waals surface area contributed by atoms with Gasteiger partial charge in [0, 0.05) is 38.9 Å². The first-order valence-electron chi connectivity index (χ1n) is 12.3. The molecule has 190 valence electrons. The number of hydrogen-bond donors (Lipinski definition) is 0. The maximum Gasteiger partial charge on any atom is 0.271 e.